The van der Waals surface area contributed by atoms with Gasteiger partial charge in [0.2, 0.25) is 15.9 Å². The van der Waals surface area contributed by atoms with Crippen LogP contribution in [0.1, 0.15) is 36.1 Å². The summed E-state index contributed by atoms with van der Waals surface area (Å²) in [6.45, 7) is 5.54. The van der Waals surface area contributed by atoms with Gasteiger partial charge >= 0.3 is 0 Å². The number of nitrogens with zero attached hydrogens (tertiary/aromatic N) is 2. The molecule has 2 rings (SSSR count). The van der Waals surface area contributed by atoms with Crippen LogP contribution < -0.4 is 9.62 Å². The molecule has 0 fully saturated rings. The molecule has 0 bridgehead atoms. The van der Waals surface area contributed by atoms with Gasteiger partial charge in [0.1, 0.15) is 6.54 Å². The molecule has 0 radical (unpaired) electrons. The van der Waals surface area contributed by atoms with E-state index in [1.165, 1.54) is 18.2 Å². The monoisotopic (exact) mass is 433 g/mol. The minimum absolute atomic E-state index is 0.115. The molecular weight excluding hydrogens is 406 g/mol. The van der Waals surface area contributed by atoms with Gasteiger partial charge in [0.25, 0.3) is 5.69 Å². The van der Waals surface area contributed by atoms with E-state index in [9.17, 15) is 23.3 Å². The number of carbonyl (C=O) groups excluding carboxylic acids is 1. The summed E-state index contributed by atoms with van der Waals surface area (Å²) >= 11 is 0. The molecule has 9 heteroatoms. The van der Waals surface area contributed by atoms with E-state index in [0.29, 0.717) is 5.56 Å². The Balaban J connectivity index is 2.24. The molecular formula is C21H27N3O5S. The first-order valence-electron chi connectivity index (χ1n) is 9.66. The highest BCUT2D eigenvalue weighted by atomic mass is 32.2. The number of nitro benzene ring substituents is 1. The highest BCUT2D eigenvalue weighted by molar-refractivity contribution is 7.92. The van der Waals surface area contributed by atoms with Crippen molar-refractivity contribution >= 4 is 27.3 Å². The number of sulfonamides is 1. The van der Waals surface area contributed by atoms with Gasteiger partial charge in [0, 0.05) is 18.7 Å². The Morgan fingerprint density at radius 3 is 2.37 bits per heavy atom. The minimum atomic E-state index is -3.83. The molecule has 0 atom stereocenters. The lowest BCUT2D eigenvalue weighted by Gasteiger charge is -2.23. The fourth-order valence-corrected chi connectivity index (χ4v) is 4.06. The van der Waals surface area contributed by atoms with Crippen LogP contribution in [0.25, 0.3) is 0 Å². The molecule has 1 amide bonds. The van der Waals surface area contributed by atoms with E-state index >= 15 is 0 Å². The van der Waals surface area contributed by atoms with Gasteiger partial charge in [-0.3, -0.25) is 19.2 Å². The number of nitro groups is 1. The number of non-ortho nitro benzene ring substituents is 1. The summed E-state index contributed by atoms with van der Waals surface area (Å²) in [4.78, 5) is 23.1. The van der Waals surface area contributed by atoms with Crippen LogP contribution in [0.4, 0.5) is 11.4 Å². The van der Waals surface area contributed by atoms with Crippen molar-refractivity contribution in [2.75, 3.05) is 17.1 Å². The maximum absolute atomic E-state index is 12.6. The molecule has 0 spiro atoms. The molecule has 0 aliphatic heterocycles. The molecule has 0 aliphatic carbocycles. The topological polar surface area (TPSA) is 110 Å². The van der Waals surface area contributed by atoms with Crippen molar-refractivity contribution in [2.45, 2.75) is 40.2 Å². The van der Waals surface area contributed by atoms with Gasteiger partial charge in [0.15, 0.2) is 0 Å². The van der Waals surface area contributed by atoms with Crippen molar-refractivity contribution in [3.8, 4) is 0 Å². The zero-order valence-electron chi connectivity index (χ0n) is 17.6. The summed E-state index contributed by atoms with van der Waals surface area (Å²) in [7, 11) is -3.83. The Bertz CT molecular complexity index is 1050. The first kappa shape index (κ1) is 23.3. The summed E-state index contributed by atoms with van der Waals surface area (Å²) in [6, 6.07) is 10.1. The van der Waals surface area contributed by atoms with E-state index in [0.717, 1.165) is 40.1 Å². The second-order valence-electron chi connectivity index (χ2n) is 7.08. The fraction of sp³-hybridized carbons (Fsp3) is 0.381. The summed E-state index contributed by atoms with van der Waals surface area (Å²) in [5.74, 6) is -0.490. The van der Waals surface area contributed by atoms with Crippen LogP contribution in [-0.4, -0.2) is 32.0 Å². The molecule has 1 N–H and O–H groups in total. The van der Waals surface area contributed by atoms with Crippen LogP contribution in [0, 0.1) is 17.0 Å². The third-order valence-corrected chi connectivity index (χ3v) is 6.02. The SMILES string of the molecule is CCc1ccc(CC)c(CNC(=O)CN(c2cc([N+](=O)[O-])ccc2C)S(C)(=O)=O)c1. The van der Waals surface area contributed by atoms with Crippen molar-refractivity contribution in [1.29, 1.82) is 0 Å². The highest BCUT2D eigenvalue weighted by Crippen LogP contribution is 2.27. The summed E-state index contributed by atoms with van der Waals surface area (Å²) in [6.07, 6.45) is 2.66. The van der Waals surface area contributed by atoms with Crippen LogP contribution in [-0.2, 0) is 34.2 Å². The van der Waals surface area contributed by atoms with Crippen molar-refractivity contribution < 1.29 is 18.1 Å². The second-order valence-corrected chi connectivity index (χ2v) is 8.99. The first-order chi connectivity index (χ1) is 14.1. The van der Waals surface area contributed by atoms with E-state index < -0.39 is 27.4 Å². The van der Waals surface area contributed by atoms with Crippen LogP contribution in [0.2, 0.25) is 0 Å². The minimum Gasteiger partial charge on any atom is -0.350 e. The normalized spacial score (nSPS) is 11.2. The predicted octanol–water partition coefficient (Wildman–Crippen LogP) is 3.11. The maximum Gasteiger partial charge on any atom is 0.271 e. The van der Waals surface area contributed by atoms with Crippen LogP contribution in [0.3, 0.4) is 0 Å². The van der Waals surface area contributed by atoms with E-state index in [2.05, 4.69) is 18.3 Å². The standard InChI is InChI=1S/C21H27N3O5S/c1-5-16-8-9-17(6-2)18(11-16)13-22-21(25)14-23(30(4,28)29)20-12-19(24(26)27)10-7-15(20)3/h7-12H,5-6,13-14H2,1-4H3,(H,22,25). The quantitative estimate of drug-likeness (QED) is 0.483. The molecule has 0 saturated heterocycles. The van der Waals surface area contributed by atoms with Gasteiger partial charge in [-0.1, -0.05) is 38.1 Å². The smallest absolute Gasteiger partial charge is 0.271 e. The molecule has 2 aromatic rings. The molecule has 0 aromatic heterocycles. The number of rotatable bonds is 9. The third-order valence-electron chi connectivity index (χ3n) is 4.90. The number of carbonyl (C=O) groups is 1. The number of hydrogen-bond acceptors (Lipinski definition) is 5. The van der Waals surface area contributed by atoms with Gasteiger partial charge in [-0.25, -0.2) is 8.42 Å². The predicted molar refractivity (Wildman–Crippen MR) is 117 cm³/mol. The lowest BCUT2D eigenvalue weighted by Crippen LogP contribution is -2.40. The van der Waals surface area contributed by atoms with Crippen LogP contribution >= 0.6 is 0 Å². The van der Waals surface area contributed by atoms with Gasteiger partial charge in [-0.2, -0.15) is 0 Å². The Labute approximate surface area is 177 Å². The molecule has 0 aliphatic rings. The maximum atomic E-state index is 12.6. The highest BCUT2D eigenvalue weighted by Gasteiger charge is 2.24. The van der Waals surface area contributed by atoms with Gasteiger partial charge in [-0.15, -0.1) is 0 Å². The fourth-order valence-electron chi connectivity index (χ4n) is 3.15. The lowest BCUT2D eigenvalue weighted by molar-refractivity contribution is -0.384. The average Bonchev–Trinajstić information content (AvgIpc) is 2.69. The number of nitrogens with one attached hydrogen (secondary N) is 1. The Kier molecular flexibility index (Phi) is 7.55. The Morgan fingerprint density at radius 2 is 1.80 bits per heavy atom. The van der Waals surface area contributed by atoms with E-state index in [1.807, 2.05) is 19.1 Å². The van der Waals surface area contributed by atoms with E-state index in [1.54, 1.807) is 6.92 Å². The Hall–Kier alpha value is -2.94. The third kappa shape index (κ3) is 5.79. The molecule has 8 nitrogen and oxygen atoms in total. The molecule has 0 heterocycles. The van der Waals surface area contributed by atoms with Gasteiger partial charge in [0.05, 0.1) is 16.9 Å². The lowest BCUT2D eigenvalue weighted by atomic mass is 10.0. The molecule has 162 valence electrons. The zero-order valence-corrected chi connectivity index (χ0v) is 18.5. The number of benzene rings is 2. The zero-order chi connectivity index (χ0) is 22.5. The number of anilines is 1. The molecule has 30 heavy (non-hydrogen) atoms. The van der Waals surface area contributed by atoms with Crippen molar-refractivity contribution in [3.63, 3.8) is 0 Å². The van der Waals surface area contributed by atoms with Crippen LogP contribution in [0.15, 0.2) is 36.4 Å². The molecule has 2 aromatic carbocycles. The number of aryl methyl sites for hydroxylation is 3. The molecule has 0 unspecified atom stereocenters. The van der Waals surface area contributed by atoms with Crippen molar-refractivity contribution in [3.05, 3.63) is 68.8 Å². The summed E-state index contributed by atoms with van der Waals surface area (Å²) < 4.78 is 25.6. The van der Waals surface area contributed by atoms with Crippen LogP contribution in [0.5, 0.6) is 0 Å². The van der Waals surface area contributed by atoms with Gasteiger partial charge in [-0.05, 0) is 42.0 Å². The van der Waals surface area contributed by atoms with Gasteiger partial charge < -0.3 is 5.32 Å². The van der Waals surface area contributed by atoms with E-state index in [4.69, 9.17) is 0 Å². The summed E-state index contributed by atoms with van der Waals surface area (Å²) in [5.41, 5.74) is 3.64. The summed E-state index contributed by atoms with van der Waals surface area (Å²) in [5, 5.41) is 13.9. The van der Waals surface area contributed by atoms with E-state index in [-0.39, 0.29) is 17.9 Å². The first-order valence-corrected chi connectivity index (χ1v) is 11.5. The largest absolute Gasteiger partial charge is 0.350 e. The Morgan fingerprint density at radius 1 is 1.10 bits per heavy atom. The number of amides is 1. The van der Waals surface area contributed by atoms with Crippen molar-refractivity contribution in [2.24, 2.45) is 0 Å². The van der Waals surface area contributed by atoms with Crippen molar-refractivity contribution in [1.82, 2.24) is 5.32 Å². The molecule has 0 saturated carbocycles. The second kappa shape index (κ2) is 9.71. The number of hydrogen-bond donors (Lipinski definition) is 1. The average molecular weight is 434 g/mol.